The van der Waals surface area contributed by atoms with Gasteiger partial charge >= 0.3 is 0 Å². The van der Waals surface area contributed by atoms with E-state index in [0.717, 1.165) is 57.2 Å². The Morgan fingerprint density at radius 1 is 1.26 bits per heavy atom. The Bertz CT molecular complexity index is 569. The number of rotatable bonds is 9. The summed E-state index contributed by atoms with van der Waals surface area (Å²) in [5.74, 6) is 0.532. The Hall–Kier alpha value is -1.13. The summed E-state index contributed by atoms with van der Waals surface area (Å²) in [5.41, 5.74) is 1.53. The van der Waals surface area contributed by atoms with Crippen molar-refractivity contribution in [3.05, 3.63) is 29.6 Å². The average molecular weight is 494 g/mol. The van der Waals surface area contributed by atoms with Gasteiger partial charge in [-0.3, -0.25) is 4.99 Å². The maximum absolute atomic E-state index is 14.4. The van der Waals surface area contributed by atoms with Crippen LogP contribution in [0.5, 0.6) is 0 Å². The molecule has 0 spiro atoms. The third kappa shape index (κ3) is 8.61. The molecule has 2 N–H and O–H groups in total. The van der Waals surface area contributed by atoms with E-state index in [2.05, 4.69) is 15.6 Å². The molecular formula is C19H32FIN4O2. The molecule has 1 aliphatic heterocycles. The number of halogens is 2. The van der Waals surface area contributed by atoms with Crippen molar-refractivity contribution in [1.29, 1.82) is 0 Å². The Labute approximate surface area is 178 Å². The fourth-order valence-corrected chi connectivity index (χ4v) is 2.81. The summed E-state index contributed by atoms with van der Waals surface area (Å²) in [6.45, 7) is 7.67. The van der Waals surface area contributed by atoms with Crippen molar-refractivity contribution in [3.63, 3.8) is 0 Å². The van der Waals surface area contributed by atoms with Crippen LogP contribution in [0.15, 0.2) is 23.2 Å². The summed E-state index contributed by atoms with van der Waals surface area (Å²) >= 11 is 0. The van der Waals surface area contributed by atoms with Crippen LogP contribution in [-0.4, -0.2) is 59.1 Å². The summed E-state index contributed by atoms with van der Waals surface area (Å²) in [6.07, 6.45) is 2.04. The number of ether oxygens (including phenoxy) is 2. The summed E-state index contributed by atoms with van der Waals surface area (Å²) in [6, 6.07) is 5.39. The first-order valence-electron chi connectivity index (χ1n) is 9.38. The SMILES string of the molecule is CCOCCCCNC(=NC)NCc1ccc(N2CCOCC2)c(F)c1.I. The van der Waals surface area contributed by atoms with Gasteiger partial charge in [-0.25, -0.2) is 4.39 Å². The molecule has 1 aromatic rings. The molecule has 0 radical (unpaired) electrons. The zero-order valence-electron chi connectivity index (χ0n) is 16.3. The standard InChI is InChI=1S/C19H31FN4O2.HI/c1-3-25-11-5-4-8-22-19(21-2)23-15-16-6-7-18(17(20)14-16)24-9-12-26-13-10-24;/h6-7,14H,3-5,8-13,15H2,1-2H3,(H2,21,22,23);1H. The van der Waals surface area contributed by atoms with Crippen molar-refractivity contribution in [2.24, 2.45) is 4.99 Å². The van der Waals surface area contributed by atoms with Crippen LogP contribution in [0.1, 0.15) is 25.3 Å². The minimum atomic E-state index is -0.190. The molecule has 27 heavy (non-hydrogen) atoms. The number of anilines is 1. The van der Waals surface area contributed by atoms with Crippen molar-refractivity contribution >= 4 is 35.6 Å². The normalized spacial score (nSPS) is 14.6. The molecule has 6 nitrogen and oxygen atoms in total. The Kier molecular flexibility index (Phi) is 12.4. The second-order valence-electron chi connectivity index (χ2n) is 6.14. The van der Waals surface area contributed by atoms with E-state index in [1.807, 2.05) is 24.0 Å². The maximum atomic E-state index is 14.4. The monoisotopic (exact) mass is 494 g/mol. The van der Waals surface area contributed by atoms with Crippen LogP contribution in [-0.2, 0) is 16.0 Å². The van der Waals surface area contributed by atoms with Gasteiger partial charge in [-0.2, -0.15) is 0 Å². The Morgan fingerprint density at radius 2 is 2.04 bits per heavy atom. The number of guanidine groups is 1. The number of morpholine rings is 1. The molecule has 1 aromatic carbocycles. The lowest BCUT2D eigenvalue weighted by molar-refractivity contribution is 0.122. The fourth-order valence-electron chi connectivity index (χ4n) is 2.81. The summed E-state index contributed by atoms with van der Waals surface area (Å²) in [4.78, 5) is 6.22. The van der Waals surface area contributed by atoms with E-state index in [4.69, 9.17) is 9.47 Å². The predicted molar refractivity (Wildman–Crippen MR) is 119 cm³/mol. The molecule has 0 unspecified atom stereocenters. The molecule has 0 saturated carbocycles. The number of hydrogen-bond acceptors (Lipinski definition) is 4. The predicted octanol–water partition coefficient (Wildman–Crippen LogP) is 2.76. The highest BCUT2D eigenvalue weighted by Crippen LogP contribution is 2.21. The lowest BCUT2D eigenvalue weighted by atomic mass is 10.1. The first-order valence-corrected chi connectivity index (χ1v) is 9.38. The van der Waals surface area contributed by atoms with Crippen molar-refractivity contribution in [2.75, 3.05) is 58.0 Å². The van der Waals surface area contributed by atoms with E-state index in [-0.39, 0.29) is 29.8 Å². The summed E-state index contributed by atoms with van der Waals surface area (Å²) < 4.78 is 25.1. The molecule has 0 aliphatic carbocycles. The molecule has 1 heterocycles. The van der Waals surface area contributed by atoms with Gasteiger partial charge in [-0.15, -0.1) is 24.0 Å². The van der Waals surface area contributed by atoms with Gasteiger partial charge < -0.3 is 25.0 Å². The van der Waals surface area contributed by atoms with Gasteiger partial charge in [0.1, 0.15) is 5.82 Å². The third-order valence-corrected chi connectivity index (χ3v) is 4.26. The minimum absolute atomic E-state index is 0. The molecule has 154 valence electrons. The summed E-state index contributed by atoms with van der Waals surface area (Å²) in [5, 5.41) is 6.48. The number of nitrogens with one attached hydrogen (secondary N) is 2. The highest BCUT2D eigenvalue weighted by Gasteiger charge is 2.15. The van der Waals surface area contributed by atoms with Gasteiger partial charge in [0.25, 0.3) is 0 Å². The molecule has 0 bridgehead atoms. The van der Waals surface area contributed by atoms with E-state index in [1.165, 1.54) is 0 Å². The fraction of sp³-hybridized carbons (Fsp3) is 0.632. The lowest BCUT2D eigenvalue weighted by Crippen LogP contribution is -2.37. The molecular weight excluding hydrogens is 462 g/mol. The van der Waals surface area contributed by atoms with Gasteiger partial charge in [-0.1, -0.05) is 6.07 Å². The quantitative estimate of drug-likeness (QED) is 0.239. The molecule has 1 fully saturated rings. The summed E-state index contributed by atoms with van der Waals surface area (Å²) in [7, 11) is 1.73. The number of benzene rings is 1. The molecule has 0 amide bonds. The smallest absolute Gasteiger partial charge is 0.191 e. The molecule has 0 atom stereocenters. The van der Waals surface area contributed by atoms with Crippen molar-refractivity contribution in [1.82, 2.24) is 10.6 Å². The van der Waals surface area contributed by atoms with E-state index in [9.17, 15) is 4.39 Å². The Morgan fingerprint density at radius 3 is 2.70 bits per heavy atom. The van der Waals surface area contributed by atoms with Crippen LogP contribution < -0.4 is 15.5 Å². The Balaban J connectivity index is 0.00000364. The molecule has 0 aromatic heterocycles. The number of aliphatic imine (C=N–C) groups is 1. The van der Waals surface area contributed by atoms with Crippen LogP contribution in [0.2, 0.25) is 0 Å². The van der Waals surface area contributed by atoms with Gasteiger partial charge in [0, 0.05) is 46.4 Å². The largest absolute Gasteiger partial charge is 0.382 e. The van der Waals surface area contributed by atoms with Gasteiger partial charge in [0.15, 0.2) is 5.96 Å². The van der Waals surface area contributed by atoms with Crippen molar-refractivity contribution in [2.45, 2.75) is 26.3 Å². The van der Waals surface area contributed by atoms with E-state index < -0.39 is 0 Å². The van der Waals surface area contributed by atoms with Crippen molar-refractivity contribution < 1.29 is 13.9 Å². The molecule has 1 saturated heterocycles. The van der Waals surface area contributed by atoms with E-state index in [0.29, 0.717) is 25.4 Å². The van der Waals surface area contributed by atoms with Gasteiger partial charge in [0.2, 0.25) is 0 Å². The van der Waals surface area contributed by atoms with E-state index in [1.54, 1.807) is 13.1 Å². The van der Waals surface area contributed by atoms with Crippen LogP contribution in [0.3, 0.4) is 0 Å². The van der Waals surface area contributed by atoms with E-state index >= 15 is 0 Å². The highest BCUT2D eigenvalue weighted by molar-refractivity contribution is 14.0. The lowest BCUT2D eigenvalue weighted by Gasteiger charge is -2.29. The van der Waals surface area contributed by atoms with Gasteiger partial charge in [-0.05, 0) is 37.5 Å². The maximum Gasteiger partial charge on any atom is 0.191 e. The minimum Gasteiger partial charge on any atom is -0.382 e. The zero-order valence-corrected chi connectivity index (χ0v) is 18.6. The molecule has 1 aliphatic rings. The zero-order chi connectivity index (χ0) is 18.6. The first kappa shape index (κ1) is 23.9. The van der Waals surface area contributed by atoms with Gasteiger partial charge in [0.05, 0.1) is 18.9 Å². The van der Waals surface area contributed by atoms with Crippen LogP contribution in [0.25, 0.3) is 0 Å². The van der Waals surface area contributed by atoms with Crippen LogP contribution in [0.4, 0.5) is 10.1 Å². The number of unbranched alkanes of at least 4 members (excludes halogenated alkanes) is 1. The number of nitrogens with zero attached hydrogens (tertiary/aromatic N) is 2. The second kappa shape index (κ2) is 14.0. The molecule has 8 heteroatoms. The van der Waals surface area contributed by atoms with Crippen LogP contribution >= 0.6 is 24.0 Å². The average Bonchev–Trinajstić information content (AvgIpc) is 2.67. The molecule has 2 rings (SSSR count). The van der Waals surface area contributed by atoms with Crippen molar-refractivity contribution in [3.8, 4) is 0 Å². The topological polar surface area (TPSA) is 58.1 Å². The first-order chi connectivity index (χ1) is 12.7. The van der Waals surface area contributed by atoms with Crippen LogP contribution in [0, 0.1) is 5.82 Å². The second-order valence-corrected chi connectivity index (χ2v) is 6.14. The highest BCUT2D eigenvalue weighted by atomic mass is 127. The number of hydrogen-bond donors (Lipinski definition) is 2. The third-order valence-electron chi connectivity index (χ3n) is 4.26.